The summed E-state index contributed by atoms with van der Waals surface area (Å²) in [5.74, 6) is -0.230. The maximum absolute atomic E-state index is 12.0. The molecule has 0 bridgehead atoms. The highest BCUT2D eigenvalue weighted by Gasteiger charge is 2.17. The number of aryl methyl sites for hydroxylation is 1. The van der Waals surface area contributed by atoms with E-state index < -0.39 is 10.0 Å². The van der Waals surface area contributed by atoms with Gasteiger partial charge in [-0.3, -0.25) is 4.79 Å². The second kappa shape index (κ2) is 7.20. The lowest BCUT2D eigenvalue weighted by Crippen LogP contribution is -2.26. The zero-order valence-corrected chi connectivity index (χ0v) is 14.9. The van der Waals surface area contributed by atoms with Crippen molar-refractivity contribution in [3.05, 3.63) is 45.9 Å². The van der Waals surface area contributed by atoms with E-state index in [1.165, 1.54) is 38.4 Å². The number of hydrogen-bond acceptors (Lipinski definition) is 5. The summed E-state index contributed by atoms with van der Waals surface area (Å²) >= 11 is 1.57. The van der Waals surface area contributed by atoms with Crippen LogP contribution < -0.4 is 5.32 Å². The van der Waals surface area contributed by atoms with E-state index >= 15 is 0 Å². The summed E-state index contributed by atoms with van der Waals surface area (Å²) in [6.45, 7) is 2.42. The van der Waals surface area contributed by atoms with Gasteiger partial charge in [0.2, 0.25) is 10.0 Å². The van der Waals surface area contributed by atoms with Crippen molar-refractivity contribution in [3.63, 3.8) is 0 Å². The van der Waals surface area contributed by atoms with Crippen LogP contribution in [0.2, 0.25) is 0 Å². The van der Waals surface area contributed by atoms with Gasteiger partial charge in [-0.1, -0.05) is 0 Å². The van der Waals surface area contributed by atoms with Gasteiger partial charge in [0.05, 0.1) is 9.90 Å². The van der Waals surface area contributed by atoms with Gasteiger partial charge in [0.25, 0.3) is 5.91 Å². The summed E-state index contributed by atoms with van der Waals surface area (Å²) in [7, 11) is -0.538. The molecule has 1 aromatic carbocycles. The van der Waals surface area contributed by atoms with Gasteiger partial charge in [0.15, 0.2) is 0 Å². The summed E-state index contributed by atoms with van der Waals surface area (Å²) in [4.78, 5) is 16.5. The summed E-state index contributed by atoms with van der Waals surface area (Å²) in [6, 6.07) is 5.90. The van der Waals surface area contributed by atoms with Gasteiger partial charge in [0.1, 0.15) is 0 Å². The molecule has 0 aliphatic rings. The van der Waals surface area contributed by atoms with Crippen LogP contribution in [-0.2, 0) is 16.4 Å². The third-order valence-electron chi connectivity index (χ3n) is 3.19. The largest absolute Gasteiger partial charge is 0.352 e. The SMILES string of the molecule is Cc1csc(CCNC(=O)c2ccc(S(=O)(=O)N(C)C)cc2)n1. The second-order valence-electron chi connectivity index (χ2n) is 5.20. The van der Waals surface area contributed by atoms with Crippen LogP contribution in [0, 0.1) is 6.92 Å². The zero-order chi connectivity index (χ0) is 17.0. The summed E-state index contributed by atoms with van der Waals surface area (Å²) < 4.78 is 25.1. The van der Waals surface area contributed by atoms with Crippen molar-refractivity contribution in [3.8, 4) is 0 Å². The van der Waals surface area contributed by atoms with E-state index in [4.69, 9.17) is 0 Å². The molecule has 23 heavy (non-hydrogen) atoms. The standard InChI is InChI=1S/C15H19N3O3S2/c1-11-10-22-14(17-11)8-9-16-15(19)12-4-6-13(7-5-12)23(20,21)18(2)3/h4-7,10H,8-9H2,1-3H3,(H,16,19). The highest BCUT2D eigenvalue weighted by molar-refractivity contribution is 7.89. The Bertz CT molecular complexity index is 781. The van der Waals surface area contributed by atoms with Crippen LogP contribution in [0.3, 0.4) is 0 Å². The molecular formula is C15H19N3O3S2. The molecule has 0 saturated heterocycles. The van der Waals surface area contributed by atoms with Crippen LogP contribution in [0.25, 0.3) is 0 Å². The predicted molar refractivity (Wildman–Crippen MR) is 90.2 cm³/mol. The lowest BCUT2D eigenvalue weighted by molar-refractivity contribution is 0.0954. The fourth-order valence-corrected chi connectivity index (χ4v) is 3.57. The number of nitrogens with zero attached hydrogens (tertiary/aromatic N) is 2. The van der Waals surface area contributed by atoms with Crippen molar-refractivity contribution in [2.75, 3.05) is 20.6 Å². The Morgan fingerprint density at radius 2 is 1.91 bits per heavy atom. The molecule has 0 aliphatic carbocycles. The second-order valence-corrected chi connectivity index (χ2v) is 8.29. The fourth-order valence-electron chi connectivity index (χ4n) is 1.89. The van der Waals surface area contributed by atoms with Crippen LogP contribution in [0.5, 0.6) is 0 Å². The minimum absolute atomic E-state index is 0.164. The molecule has 1 N–H and O–H groups in total. The summed E-state index contributed by atoms with van der Waals surface area (Å²) in [5.41, 5.74) is 1.41. The van der Waals surface area contributed by atoms with E-state index in [-0.39, 0.29) is 10.8 Å². The first-order valence-corrected chi connectivity index (χ1v) is 9.34. The molecule has 2 rings (SSSR count). The number of amides is 1. The highest BCUT2D eigenvalue weighted by Crippen LogP contribution is 2.14. The van der Waals surface area contributed by atoms with Gasteiger partial charge in [-0.2, -0.15) is 0 Å². The lowest BCUT2D eigenvalue weighted by atomic mass is 10.2. The molecule has 0 spiro atoms. The van der Waals surface area contributed by atoms with Crippen molar-refractivity contribution >= 4 is 27.3 Å². The molecular weight excluding hydrogens is 334 g/mol. The maximum Gasteiger partial charge on any atom is 0.251 e. The first kappa shape index (κ1) is 17.6. The number of benzene rings is 1. The Morgan fingerprint density at radius 1 is 1.26 bits per heavy atom. The molecule has 6 nitrogen and oxygen atoms in total. The lowest BCUT2D eigenvalue weighted by Gasteiger charge is -2.11. The zero-order valence-electron chi connectivity index (χ0n) is 13.2. The van der Waals surface area contributed by atoms with Crippen LogP contribution >= 0.6 is 11.3 Å². The number of thiazole rings is 1. The molecule has 0 atom stereocenters. The molecule has 0 fully saturated rings. The number of hydrogen-bond donors (Lipinski definition) is 1. The van der Waals surface area contributed by atoms with Crippen molar-refractivity contribution in [2.45, 2.75) is 18.2 Å². The van der Waals surface area contributed by atoms with E-state index in [9.17, 15) is 13.2 Å². The van der Waals surface area contributed by atoms with E-state index in [0.29, 0.717) is 18.5 Å². The van der Waals surface area contributed by atoms with Crippen molar-refractivity contribution in [1.29, 1.82) is 0 Å². The van der Waals surface area contributed by atoms with Gasteiger partial charge < -0.3 is 5.32 Å². The van der Waals surface area contributed by atoms with E-state index in [1.807, 2.05) is 12.3 Å². The predicted octanol–water partition coefficient (Wildman–Crippen LogP) is 1.67. The quantitative estimate of drug-likeness (QED) is 0.857. The monoisotopic (exact) mass is 353 g/mol. The number of rotatable bonds is 6. The molecule has 0 radical (unpaired) electrons. The Morgan fingerprint density at radius 3 is 2.43 bits per heavy atom. The van der Waals surface area contributed by atoms with Crippen molar-refractivity contribution in [2.24, 2.45) is 0 Å². The molecule has 1 aromatic heterocycles. The minimum Gasteiger partial charge on any atom is -0.352 e. The third kappa shape index (κ3) is 4.37. The van der Waals surface area contributed by atoms with Gasteiger partial charge in [-0.15, -0.1) is 11.3 Å². The molecule has 0 unspecified atom stereocenters. The Hall–Kier alpha value is -1.77. The average molecular weight is 353 g/mol. The fraction of sp³-hybridized carbons (Fsp3) is 0.333. The minimum atomic E-state index is -3.48. The molecule has 1 amide bonds. The Kier molecular flexibility index (Phi) is 5.51. The summed E-state index contributed by atoms with van der Waals surface area (Å²) in [5, 5.41) is 5.76. The first-order valence-electron chi connectivity index (χ1n) is 7.02. The first-order chi connectivity index (χ1) is 10.8. The molecule has 124 valence electrons. The number of carbonyl (C=O) groups excluding carboxylic acids is 1. The Balaban J connectivity index is 1.95. The van der Waals surface area contributed by atoms with Crippen LogP contribution in [0.4, 0.5) is 0 Å². The third-order valence-corrected chi connectivity index (χ3v) is 6.04. The van der Waals surface area contributed by atoms with Gasteiger partial charge in [-0.05, 0) is 31.2 Å². The molecule has 1 heterocycles. The number of carbonyl (C=O) groups is 1. The van der Waals surface area contributed by atoms with Crippen molar-refractivity contribution in [1.82, 2.24) is 14.6 Å². The Labute approximate surface area is 140 Å². The van der Waals surface area contributed by atoms with E-state index in [2.05, 4.69) is 10.3 Å². The normalized spacial score (nSPS) is 11.7. The molecule has 0 saturated carbocycles. The molecule has 0 aliphatic heterocycles. The van der Waals surface area contributed by atoms with E-state index in [1.54, 1.807) is 11.3 Å². The molecule has 2 aromatic rings. The van der Waals surface area contributed by atoms with E-state index in [0.717, 1.165) is 15.0 Å². The highest BCUT2D eigenvalue weighted by atomic mass is 32.2. The number of sulfonamides is 1. The van der Waals surface area contributed by atoms with Gasteiger partial charge in [0, 0.05) is 43.7 Å². The topological polar surface area (TPSA) is 79.4 Å². The molecule has 8 heteroatoms. The summed E-state index contributed by atoms with van der Waals surface area (Å²) in [6.07, 6.45) is 0.678. The van der Waals surface area contributed by atoms with Crippen molar-refractivity contribution < 1.29 is 13.2 Å². The average Bonchev–Trinajstić information content (AvgIpc) is 2.92. The van der Waals surface area contributed by atoms with Gasteiger partial charge in [-0.25, -0.2) is 17.7 Å². The van der Waals surface area contributed by atoms with Crippen LogP contribution in [-0.4, -0.2) is 44.3 Å². The van der Waals surface area contributed by atoms with Crippen LogP contribution in [0.15, 0.2) is 34.5 Å². The van der Waals surface area contributed by atoms with Gasteiger partial charge >= 0.3 is 0 Å². The van der Waals surface area contributed by atoms with Crippen LogP contribution in [0.1, 0.15) is 21.1 Å². The number of aromatic nitrogens is 1. The smallest absolute Gasteiger partial charge is 0.251 e. The maximum atomic E-state index is 12.0. The number of nitrogens with one attached hydrogen (secondary N) is 1.